The van der Waals surface area contributed by atoms with Crippen molar-refractivity contribution in [1.82, 2.24) is 0 Å². The molecule has 3 rings (SSSR count). The van der Waals surface area contributed by atoms with Gasteiger partial charge in [-0.25, -0.2) is 13.2 Å². The number of hydrogen-bond donors (Lipinski definition) is 1. The summed E-state index contributed by atoms with van der Waals surface area (Å²) in [6, 6.07) is 20.5. The summed E-state index contributed by atoms with van der Waals surface area (Å²) in [5, 5.41) is 2.66. The third-order valence-corrected chi connectivity index (χ3v) is 6.43. The Bertz CT molecular complexity index is 1210. The molecule has 1 N–H and O–H groups in total. The van der Waals surface area contributed by atoms with E-state index in [4.69, 9.17) is 9.47 Å². The van der Waals surface area contributed by atoms with Gasteiger partial charge in [0.05, 0.1) is 29.9 Å². The molecule has 0 atom stereocenters. The van der Waals surface area contributed by atoms with Crippen LogP contribution in [0.25, 0.3) is 0 Å². The fraction of sp³-hybridized carbons (Fsp3) is 0.167. The van der Waals surface area contributed by atoms with E-state index in [-0.39, 0.29) is 17.2 Å². The molecule has 0 fully saturated rings. The molecule has 0 radical (unpaired) electrons. The number of rotatable bonds is 9. The molecule has 0 aliphatic heterocycles. The number of esters is 1. The van der Waals surface area contributed by atoms with Gasteiger partial charge in [0, 0.05) is 11.8 Å². The van der Waals surface area contributed by atoms with Gasteiger partial charge in [0.25, 0.3) is 10.0 Å². The van der Waals surface area contributed by atoms with Crippen molar-refractivity contribution < 1.29 is 27.5 Å². The molecule has 33 heavy (non-hydrogen) atoms. The van der Waals surface area contributed by atoms with E-state index in [1.54, 1.807) is 61.5 Å². The van der Waals surface area contributed by atoms with Gasteiger partial charge >= 0.3 is 5.97 Å². The summed E-state index contributed by atoms with van der Waals surface area (Å²) in [5.74, 6) is -0.564. The summed E-state index contributed by atoms with van der Waals surface area (Å²) >= 11 is 0. The summed E-state index contributed by atoms with van der Waals surface area (Å²) in [7, 11) is -2.56. The molecular formula is C24H24N2O6S. The molecule has 3 aromatic rings. The Morgan fingerprint density at radius 1 is 0.939 bits per heavy atom. The van der Waals surface area contributed by atoms with Gasteiger partial charge in [0.15, 0.2) is 0 Å². The number of amides is 1. The Labute approximate surface area is 192 Å². The molecule has 1 amide bonds. The average molecular weight is 469 g/mol. The summed E-state index contributed by atoms with van der Waals surface area (Å²) < 4.78 is 37.9. The van der Waals surface area contributed by atoms with Crippen LogP contribution in [0.2, 0.25) is 0 Å². The lowest BCUT2D eigenvalue weighted by atomic mass is 10.2. The predicted molar refractivity (Wildman–Crippen MR) is 125 cm³/mol. The first kappa shape index (κ1) is 23.8. The highest BCUT2D eigenvalue weighted by Gasteiger charge is 2.27. The van der Waals surface area contributed by atoms with Gasteiger partial charge < -0.3 is 14.8 Å². The first-order valence-electron chi connectivity index (χ1n) is 10.1. The first-order valence-corrected chi connectivity index (χ1v) is 11.6. The van der Waals surface area contributed by atoms with E-state index >= 15 is 0 Å². The van der Waals surface area contributed by atoms with Gasteiger partial charge in [-0.15, -0.1) is 0 Å². The number of nitrogens with one attached hydrogen (secondary N) is 1. The van der Waals surface area contributed by atoms with E-state index in [0.717, 1.165) is 4.31 Å². The van der Waals surface area contributed by atoms with Gasteiger partial charge in [0.2, 0.25) is 5.91 Å². The maximum atomic E-state index is 13.4. The molecular weight excluding hydrogens is 444 g/mol. The van der Waals surface area contributed by atoms with Gasteiger partial charge in [0.1, 0.15) is 12.3 Å². The zero-order chi connectivity index (χ0) is 23.8. The molecule has 3 aromatic carbocycles. The Morgan fingerprint density at radius 2 is 1.64 bits per heavy atom. The van der Waals surface area contributed by atoms with Crippen LogP contribution in [-0.2, 0) is 19.6 Å². The van der Waals surface area contributed by atoms with Gasteiger partial charge in [-0.05, 0) is 55.5 Å². The van der Waals surface area contributed by atoms with Crippen molar-refractivity contribution >= 4 is 33.3 Å². The second-order valence-corrected chi connectivity index (χ2v) is 8.73. The lowest BCUT2D eigenvalue weighted by Crippen LogP contribution is -2.38. The maximum Gasteiger partial charge on any atom is 0.338 e. The molecule has 0 aromatic heterocycles. The quantitative estimate of drug-likeness (QED) is 0.481. The topological polar surface area (TPSA) is 102 Å². The van der Waals surface area contributed by atoms with Gasteiger partial charge in [-0.3, -0.25) is 9.10 Å². The Kier molecular flexibility index (Phi) is 7.68. The standard InChI is InChI=1S/C24H24N2O6S/c1-3-32-24(28)18-12-14-19(15-13-18)25-23(27)17-26(20-8-7-9-21(16-20)31-2)33(29,30)22-10-5-4-6-11-22/h4-16H,3,17H2,1-2H3,(H,25,27). The van der Waals surface area contributed by atoms with Crippen molar-refractivity contribution in [2.24, 2.45) is 0 Å². The number of ether oxygens (including phenoxy) is 2. The SMILES string of the molecule is CCOC(=O)c1ccc(NC(=O)CN(c2cccc(OC)c2)S(=O)(=O)c2ccccc2)cc1. The highest BCUT2D eigenvalue weighted by atomic mass is 32.2. The number of benzene rings is 3. The van der Waals surface area contributed by atoms with Gasteiger partial charge in [-0.2, -0.15) is 0 Å². The maximum absolute atomic E-state index is 13.4. The number of carbonyl (C=O) groups excluding carboxylic acids is 2. The largest absolute Gasteiger partial charge is 0.497 e. The summed E-state index contributed by atoms with van der Waals surface area (Å²) in [5.41, 5.74) is 1.04. The van der Waals surface area contributed by atoms with Crippen molar-refractivity contribution in [3.05, 3.63) is 84.4 Å². The van der Waals surface area contributed by atoms with Crippen LogP contribution in [0.15, 0.2) is 83.8 Å². The molecule has 0 heterocycles. The monoisotopic (exact) mass is 468 g/mol. The third-order valence-electron chi connectivity index (χ3n) is 4.64. The molecule has 9 heteroatoms. The van der Waals surface area contributed by atoms with Crippen LogP contribution in [0.4, 0.5) is 11.4 Å². The van der Waals surface area contributed by atoms with E-state index < -0.39 is 28.4 Å². The van der Waals surface area contributed by atoms with Crippen LogP contribution in [0.3, 0.4) is 0 Å². The van der Waals surface area contributed by atoms with Crippen LogP contribution in [0, 0.1) is 0 Å². The van der Waals surface area contributed by atoms with Crippen LogP contribution in [0.1, 0.15) is 17.3 Å². The summed E-state index contributed by atoms with van der Waals surface area (Å²) in [6.07, 6.45) is 0. The minimum absolute atomic E-state index is 0.0550. The molecule has 0 unspecified atom stereocenters. The fourth-order valence-electron chi connectivity index (χ4n) is 3.04. The predicted octanol–water partition coefficient (Wildman–Crippen LogP) is 3.71. The van der Waals surface area contributed by atoms with E-state index in [1.807, 2.05) is 0 Å². The lowest BCUT2D eigenvalue weighted by Gasteiger charge is -2.24. The number of nitrogens with zero attached hydrogens (tertiary/aromatic N) is 1. The second-order valence-electron chi connectivity index (χ2n) is 6.87. The van der Waals surface area contributed by atoms with Gasteiger partial charge in [-0.1, -0.05) is 24.3 Å². The first-order chi connectivity index (χ1) is 15.8. The zero-order valence-corrected chi connectivity index (χ0v) is 19.0. The fourth-order valence-corrected chi connectivity index (χ4v) is 4.47. The van der Waals surface area contributed by atoms with E-state index in [0.29, 0.717) is 17.0 Å². The van der Waals surface area contributed by atoms with Crippen molar-refractivity contribution in [3.63, 3.8) is 0 Å². The Hall–Kier alpha value is -3.85. The average Bonchev–Trinajstić information content (AvgIpc) is 2.83. The van der Waals surface area contributed by atoms with Crippen LogP contribution in [0.5, 0.6) is 5.75 Å². The molecule has 0 bridgehead atoms. The molecule has 0 spiro atoms. The van der Waals surface area contributed by atoms with E-state index in [1.165, 1.54) is 31.4 Å². The number of sulfonamides is 1. The molecule has 8 nitrogen and oxygen atoms in total. The van der Waals surface area contributed by atoms with Crippen LogP contribution >= 0.6 is 0 Å². The minimum Gasteiger partial charge on any atom is -0.497 e. The number of anilines is 2. The number of methoxy groups -OCH3 is 1. The molecule has 0 aliphatic rings. The molecule has 172 valence electrons. The van der Waals surface area contributed by atoms with Crippen LogP contribution < -0.4 is 14.4 Å². The molecule has 0 saturated carbocycles. The number of hydrogen-bond acceptors (Lipinski definition) is 6. The Balaban J connectivity index is 1.85. The highest BCUT2D eigenvalue weighted by molar-refractivity contribution is 7.92. The number of carbonyl (C=O) groups is 2. The summed E-state index contributed by atoms with van der Waals surface area (Å²) in [6.45, 7) is 1.50. The normalized spacial score (nSPS) is 10.8. The van der Waals surface area contributed by atoms with Crippen molar-refractivity contribution in [3.8, 4) is 5.75 Å². The van der Waals surface area contributed by atoms with Crippen LogP contribution in [-0.4, -0.2) is 40.6 Å². The van der Waals surface area contributed by atoms with Crippen molar-refractivity contribution in [2.45, 2.75) is 11.8 Å². The van der Waals surface area contributed by atoms with Crippen molar-refractivity contribution in [1.29, 1.82) is 0 Å². The lowest BCUT2D eigenvalue weighted by molar-refractivity contribution is -0.114. The van der Waals surface area contributed by atoms with Crippen molar-refractivity contribution in [2.75, 3.05) is 29.9 Å². The smallest absolute Gasteiger partial charge is 0.338 e. The minimum atomic E-state index is -4.03. The molecule has 0 aliphatic carbocycles. The van der Waals surface area contributed by atoms with E-state index in [2.05, 4.69) is 5.32 Å². The highest BCUT2D eigenvalue weighted by Crippen LogP contribution is 2.27. The zero-order valence-electron chi connectivity index (χ0n) is 18.2. The summed E-state index contributed by atoms with van der Waals surface area (Å²) in [4.78, 5) is 24.6. The Morgan fingerprint density at radius 3 is 2.27 bits per heavy atom. The third kappa shape index (κ3) is 5.89. The second kappa shape index (κ2) is 10.6. The van der Waals surface area contributed by atoms with E-state index in [9.17, 15) is 18.0 Å². The molecule has 0 saturated heterocycles.